The summed E-state index contributed by atoms with van der Waals surface area (Å²) in [5.41, 5.74) is 0. The average molecular weight is 1540 g/mol. The Kier molecular flexibility index (Phi) is 77.3. The number of carbonyl (C=O) groups is 4. The van der Waals surface area contributed by atoms with Crippen molar-refractivity contribution in [2.24, 2.45) is 5.92 Å². The van der Waals surface area contributed by atoms with E-state index in [-0.39, 0.29) is 25.7 Å². The Morgan fingerprint density at radius 2 is 0.438 bits per heavy atom. The molecule has 0 saturated carbocycles. The van der Waals surface area contributed by atoms with Crippen LogP contribution in [0.1, 0.15) is 465 Å². The van der Waals surface area contributed by atoms with E-state index in [1.54, 1.807) is 0 Å². The van der Waals surface area contributed by atoms with Gasteiger partial charge in [-0.1, -0.05) is 413 Å². The second-order valence-electron chi connectivity index (χ2n) is 31.4. The number of phosphoric ester groups is 2. The number of ether oxygens (including phenoxy) is 4. The summed E-state index contributed by atoms with van der Waals surface area (Å²) in [5.74, 6) is -1.30. The highest BCUT2D eigenvalue weighted by atomic mass is 31.2. The third kappa shape index (κ3) is 79.9. The van der Waals surface area contributed by atoms with Crippen molar-refractivity contribution in [2.45, 2.75) is 483 Å². The van der Waals surface area contributed by atoms with E-state index in [4.69, 9.17) is 37.0 Å². The molecule has 2 unspecified atom stereocenters. The van der Waals surface area contributed by atoms with Gasteiger partial charge in [0.1, 0.15) is 19.3 Å². The third-order valence-corrected chi connectivity index (χ3v) is 22.2. The van der Waals surface area contributed by atoms with Gasteiger partial charge in [-0.25, -0.2) is 9.13 Å². The molecule has 624 valence electrons. The largest absolute Gasteiger partial charge is 0.472 e. The van der Waals surface area contributed by atoms with Crippen molar-refractivity contribution in [3.8, 4) is 0 Å². The van der Waals surface area contributed by atoms with Gasteiger partial charge in [-0.3, -0.25) is 37.3 Å². The van der Waals surface area contributed by atoms with Gasteiger partial charge in [0.2, 0.25) is 0 Å². The molecule has 0 aliphatic rings. The lowest BCUT2D eigenvalue weighted by molar-refractivity contribution is -0.161. The first-order valence-corrected chi connectivity index (χ1v) is 47.6. The predicted molar refractivity (Wildman–Crippen MR) is 432 cm³/mol. The highest BCUT2D eigenvalue weighted by molar-refractivity contribution is 7.47. The molecule has 0 saturated heterocycles. The van der Waals surface area contributed by atoms with E-state index in [9.17, 15) is 43.2 Å². The molecule has 0 aromatic heterocycles. The molecular formula is C86H168O17P2. The number of hydrogen-bond acceptors (Lipinski definition) is 15. The van der Waals surface area contributed by atoms with E-state index in [0.717, 1.165) is 95.8 Å². The maximum Gasteiger partial charge on any atom is 0.472 e. The fourth-order valence-electron chi connectivity index (χ4n) is 13.5. The lowest BCUT2D eigenvalue weighted by Crippen LogP contribution is -2.30. The molecule has 0 radical (unpaired) electrons. The lowest BCUT2D eigenvalue weighted by atomic mass is 10.0. The summed E-state index contributed by atoms with van der Waals surface area (Å²) in [4.78, 5) is 73.3. The molecule has 0 aliphatic carbocycles. The Balaban J connectivity index is 5.25. The van der Waals surface area contributed by atoms with E-state index in [1.807, 2.05) is 0 Å². The monoisotopic (exact) mass is 1540 g/mol. The Morgan fingerprint density at radius 3 is 0.648 bits per heavy atom. The van der Waals surface area contributed by atoms with Crippen LogP contribution in [0.2, 0.25) is 0 Å². The summed E-state index contributed by atoms with van der Waals surface area (Å²) in [6.07, 6.45) is 72.1. The van der Waals surface area contributed by atoms with E-state index in [1.165, 1.54) is 289 Å². The number of carbonyl (C=O) groups excluding carboxylic acids is 4. The van der Waals surface area contributed by atoms with Crippen LogP contribution in [0, 0.1) is 5.92 Å². The average Bonchev–Trinajstić information content (AvgIpc) is 0.909. The Hall–Kier alpha value is -1.94. The van der Waals surface area contributed by atoms with Gasteiger partial charge in [-0.2, -0.15) is 0 Å². The Bertz CT molecular complexity index is 2000. The number of unbranched alkanes of at least 4 members (excludes halogenated alkanes) is 58. The number of rotatable bonds is 86. The van der Waals surface area contributed by atoms with E-state index < -0.39 is 97.5 Å². The minimum absolute atomic E-state index is 0.108. The van der Waals surface area contributed by atoms with Gasteiger partial charge in [0.25, 0.3) is 0 Å². The molecular weight excluding hydrogens is 1370 g/mol. The van der Waals surface area contributed by atoms with Crippen LogP contribution in [0.25, 0.3) is 0 Å². The van der Waals surface area contributed by atoms with Crippen molar-refractivity contribution in [1.29, 1.82) is 0 Å². The van der Waals surface area contributed by atoms with Crippen LogP contribution >= 0.6 is 15.6 Å². The van der Waals surface area contributed by atoms with Gasteiger partial charge >= 0.3 is 39.5 Å². The fraction of sp³-hybridized carbons (Fsp3) is 0.953. The van der Waals surface area contributed by atoms with Crippen molar-refractivity contribution in [1.82, 2.24) is 0 Å². The first-order chi connectivity index (χ1) is 51.0. The van der Waals surface area contributed by atoms with E-state index in [0.29, 0.717) is 25.7 Å². The lowest BCUT2D eigenvalue weighted by Gasteiger charge is -2.21. The summed E-state index contributed by atoms with van der Waals surface area (Å²) in [6, 6.07) is 0. The molecule has 0 rings (SSSR count). The van der Waals surface area contributed by atoms with E-state index in [2.05, 4.69) is 34.6 Å². The summed E-state index contributed by atoms with van der Waals surface area (Å²) in [5, 5.41) is 10.7. The Labute approximate surface area is 645 Å². The number of phosphoric acid groups is 2. The quantitative estimate of drug-likeness (QED) is 0.0222. The standard InChI is InChI=1S/C86H168O17P2/c1-6-9-12-15-18-21-24-27-29-31-33-35-40-45-50-55-60-65-70-84(89)97-76-82(103-85(90)71-66-61-56-51-46-41-36-34-32-30-28-25-22-19-16-13-10-7-2)78-101-105(94,95)99-74-80(87)73-98-104(92,93)100-77-81(75-96-83(88)69-64-59-54-49-44-26-23-20-17-14-11-8-3)102-86(91)72-67-62-57-52-47-42-38-37-39-43-48-53-58-63-68-79(4)5/h79-82,87H,6-78H2,1-5H3,(H,92,93)(H,94,95)/t80-,81+,82+/m0/s1. The predicted octanol–water partition coefficient (Wildman–Crippen LogP) is 26.4. The molecule has 0 aromatic carbocycles. The van der Waals surface area contributed by atoms with Gasteiger partial charge in [-0.05, 0) is 31.6 Å². The maximum absolute atomic E-state index is 13.1. The molecule has 0 aliphatic heterocycles. The summed E-state index contributed by atoms with van der Waals surface area (Å²) in [6.45, 7) is 7.39. The highest BCUT2D eigenvalue weighted by Gasteiger charge is 2.30. The van der Waals surface area contributed by atoms with Crippen LogP contribution in [0.3, 0.4) is 0 Å². The second kappa shape index (κ2) is 78.7. The van der Waals surface area contributed by atoms with Crippen LogP contribution in [0.4, 0.5) is 0 Å². The molecule has 3 N–H and O–H groups in total. The molecule has 19 heteroatoms. The number of aliphatic hydroxyl groups is 1. The molecule has 105 heavy (non-hydrogen) atoms. The number of esters is 4. The molecule has 0 amide bonds. The molecule has 0 aromatic rings. The fourth-order valence-corrected chi connectivity index (χ4v) is 15.1. The van der Waals surface area contributed by atoms with Crippen LogP contribution in [0.15, 0.2) is 0 Å². The summed E-state index contributed by atoms with van der Waals surface area (Å²) >= 11 is 0. The number of hydrogen-bond donors (Lipinski definition) is 3. The Morgan fingerprint density at radius 1 is 0.257 bits per heavy atom. The first kappa shape index (κ1) is 103. The van der Waals surface area contributed by atoms with Crippen LogP contribution in [-0.4, -0.2) is 96.7 Å². The molecule has 0 fully saturated rings. The van der Waals surface area contributed by atoms with E-state index >= 15 is 0 Å². The van der Waals surface area contributed by atoms with Gasteiger partial charge in [0.05, 0.1) is 26.4 Å². The van der Waals surface area contributed by atoms with Gasteiger partial charge in [0, 0.05) is 25.7 Å². The third-order valence-electron chi connectivity index (χ3n) is 20.3. The topological polar surface area (TPSA) is 237 Å². The van der Waals surface area contributed by atoms with Gasteiger partial charge < -0.3 is 33.8 Å². The van der Waals surface area contributed by atoms with Gasteiger partial charge in [-0.15, -0.1) is 0 Å². The molecule has 0 spiro atoms. The SMILES string of the molecule is CCCCCCCCCCCCCCCCCCCCC(=O)OC[C@H](COP(=O)(O)OC[C@@H](O)COP(=O)(O)OC[C@@H](COC(=O)CCCCCCCCCCCCCC)OC(=O)CCCCCCCCCCCCCCCCC(C)C)OC(=O)CCCCCCCCCCCCCCCCCCCC. The molecule has 0 heterocycles. The maximum atomic E-state index is 13.1. The van der Waals surface area contributed by atoms with Crippen molar-refractivity contribution in [2.75, 3.05) is 39.6 Å². The summed E-state index contributed by atoms with van der Waals surface area (Å²) < 4.78 is 68.9. The highest BCUT2D eigenvalue weighted by Crippen LogP contribution is 2.45. The zero-order valence-electron chi connectivity index (χ0n) is 68.9. The normalized spacial score (nSPS) is 13.8. The van der Waals surface area contributed by atoms with Gasteiger partial charge in [0.15, 0.2) is 12.2 Å². The minimum atomic E-state index is -4.96. The van der Waals surface area contributed by atoms with Crippen molar-refractivity contribution >= 4 is 39.5 Å². The molecule has 5 atom stereocenters. The number of aliphatic hydroxyl groups excluding tert-OH is 1. The zero-order chi connectivity index (χ0) is 76.9. The summed E-state index contributed by atoms with van der Waals surface area (Å²) in [7, 11) is -9.93. The zero-order valence-corrected chi connectivity index (χ0v) is 70.7. The van der Waals surface area contributed by atoms with Crippen LogP contribution in [0.5, 0.6) is 0 Å². The van der Waals surface area contributed by atoms with Crippen LogP contribution < -0.4 is 0 Å². The van der Waals surface area contributed by atoms with Crippen LogP contribution in [-0.2, 0) is 65.4 Å². The van der Waals surface area contributed by atoms with Crippen molar-refractivity contribution in [3.63, 3.8) is 0 Å². The van der Waals surface area contributed by atoms with Crippen molar-refractivity contribution < 1.29 is 80.2 Å². The molecule has 0 bridgehead atoms. The smallest absolute Gasteiger partial charge is 0.462 e. The van der Waals surface area contributed by atoms with Crippen molar-refractivity contribution in [3.05, 3.63) is 0 Å². The minimum Gasteiger partial charge on any atom is -0.462 e. The first-order valence-electron chi connectivity index (χ1n) is 44.6. The molecule has 17 nitrogen and oxygen atoms in total. The second-order valence-corrected chi connectivity index (χ2v) is 34.3.